The van der Waals surface area contributed by atoms with Gasteiger partial charge >= 0.3 is 6.03 Å². The lowest BCUT2D eigenvalue weighted by molar-refractivity contribution is -0.116. The molecule has 0 fully saturated rings. The van der Waals surface area contributed by atoms with Crippen molar-refractivity contribution in [2.24, 2.45) is 0 Å². The molecule has 3 amide bonds. The first-order chi connectivity index (χ1) is 11.1. The molecule has 0 aliphatic rings. The third kappa shape index (κ3) is 7.64. The van der Waals surface area contributed by atoms with E-state index in [2.05, 4.69) is 22.7 Å². The van der Waals surface area contributed by atoms with E-state index in [0.29, 0.717) is 37.7 Å². The number of nitrogens with zero attached hydrogens (tertiary/aromatic N) is 2. The van der Waals surface area contributed by atoms with Gasteiger partial charge in [0.1, 0.15) is 12.3 Å². The lowest BCUT2D eigenvalue weighted by Gasteiger charge is -2.22. The molecule has 1 heterocycles. The quantitative estimate of drug-likeness (QED) is 0.639. The molecule has 8 nitrogen and oxygen atoms in total. The SMILES string of the molecule is CCCCNC(=O)N(CCCOC)CC(=O)Nc1cc(C)on1. The highest BCUT2D eigenvalue weighted by molar-refractivity contribution is 5.93. The van der Waals surface area contributed by atoms with Crippen LogP contribution in [0.2, 0.25) is 0 Å². The molecule has 1 aromatic rings. The number of aromatic nitrogens is 1. The van der Waals surface area contributed by atoms with Crippen LogP contribution >= 0.6 is 0 Å². The first-order valence-corrected chi connectivity index (χ1v) is 7.81. The van der Waals surface area contributed by atoms with Crippen LogP contribution in [0.25, 0.3) is 0 Å². The highest BCUT2D eigenvalue weighted by atomic mass is 16.5. The number of unbranched alkanes of at least 4 members (excludes halogenated alkanes) is 1. The monoisotopic (exact) mass is 326 g/mol. The van der Waals surface area contributed by atoms with Gasteiger partial charge in [-0.15, -0.1) is 0 Å². The fourth-order valence-electron chi connectivity index (χ4n) is 1.92. The van der Waals surface area contributed by atoms with Crippen molar-refractivity contribution in [3.05, 3.63) is 11.8 Å². The Morgan fingerprint density at radius 2 is 2.17 bits per heavy atom. The molecule has 0 unspecified atom stereocenters. The number of carbonyl (C=O) groups excluding carboxylic acids is 2. The second-order valence-corrected chi connectivity index (χ2v) is 5.22. The maximum absolute atomic E-state index is 12.2. The average molecular weight is 326 g/mol. The fraction of sp³-hybridized carbons (Fsp3) is 0.667. The van der Waals surface area contributed by atoms with Crippen LogP contribution in [0, 0.1) is 6.92 Å². The van der Waals surface area contributed by atoms with Crippen molar-refractivity contribution in [2.75, 3.05) is 38.7 Å². The van der Waals surface area contributed by atoms with E-state index in [4.69, 9.17) is 9.26 Å². The summed E-state index contributed by atoms with van der Waals surface area (Å²) in [5, 5.41) is 9.12. The van der Waals surface area contributed by atoms with E-state index in [1.165, 1.54) is 4.90 Å². The Balaban J connectivity index is 2.52. The largest absolute Gasteiger partial charge is 0.385 e. The van der Waals surface area contributed by atoms with Crippen LogP contribution in [0.15, 0.2) is 10.6 Å². The standard InChI is InChI=1S/C15H26N4O4/c1-4-5-7-16-15(21)19(8-6-9-22-3)11-14(20)17-13-10-12(2)23-18-13/h10H,4-9,11H2,1-3H3,(H,16,21)(H,17,18,20). The number of nitrogens with one attached hydrogen (secondary N) is 2. The second kappa shape index (κ2) is 10.6. The number of amides is 3. The zero-order valence-corrected chi connectivity index (χ0v) is 14.1. The molecule has 0 aliphatic heterocycles. The van der Waals surface area contributed by atoms with Gasteiger partial charge in [-0.3, -0.25) is 4.79 Å². The number of methoxy groups -OCH3 is 1. The predicted octanol–water partition coefficient (Wildman–Crippen LogP) is 1.77. The number of urea groups is 1. The van der Waals surface area contributed by atoms with Gasteiger partial charge in [-0.25, -0.2) is 4.79 Å². The Morgan fingerprint density at radius 3 is 2.78 bits per heavy atom. The zero-order valence-electron chi connectivity index (χ0n) is 14.1. The fourth-order valence-corrected chi connectivity index (χ4v) is 1.92. The summed E-state index contributed by atoms with van der Waals surface area (Å²) in [6, 6.07) is 1.37. The van der Waals surface area contributed by atoms with Gasteiger partial charge in [0.15, 0.2) is 5.82 Å². The second-order valence-electron chi connectivity index (χ2n) is 5.22. The zero-order chi connectivity index (χ0) is 17.1. The molecule has 1 rings (SSSR count). The van der Waals surface area contributed by atoms with Crippen LogP contribution < -0.4 is 10.6 Å². The molecule has 0 aliphatic carbocycles. The Labute approximate surface area is 136 Å². The summed E-state index contributed by atoms with van der Waals surface area (Å²) < 4.78 is 9.88. The molecule has 1 aromatic heterocycles. The summed E-state index contributed by atoms with van der Waals surface area (Å²) in [4.78, 5) is 25.7. The Kier molecular flexibility index (Phi) is 8.74. The molecule has 23 heavy (non-hydrogen) atoms. The van der Waals surface area contributed by atoms with Crippen molar-refractivity contribution >= 4 is 17.8 Å². The van der Waals surface area contributed by atoms with Crippen molar-refractivity contribution in [1.82, 2.24) is 15.4 Å². The molecule has 0 saturated heterocycles. The van der Waals surface area contributed by atoms with E-state index in [1.807, 2.05) is 0 Å². The minimum atomic E-state index is -0.318. The molecule has 130 valence electrons. The number of hydrogen-bond acceptors (Lipinski definition) is 5. The van der Waals surface area contributed by atoms with Gasteiger partial charge < -0.3 is 24.8 Å². The topological polar surface area (TPSA) is 96.7 Å². The molecule has 0 bridgehead atoms. The van der Waals surface area contributed by atoms with E-state index in [0.717, 1.165) is 12.8 Å². The first-order valence-electron chi connectivity index (χ1n) is 7.81. The van der Waals surface area contributed by atoms with E-state index >= 15 is 0 Å². The Morgan fingerprint density at radius 1 is 1.39 bits per heavy atom. The molecule has 0 radical (unpaired) electrons. The van der Waals surface area contributed by atoms with Gasteiger partial charge in [0.05, 0.1) is 0 Å². The Hall–Kier alpha value is -2.09. The predicted molar refractivity (Wildman–Crippen MR) is 86.2 cm³/mol. The van der Waals surface area contributed by atoms with Gasteiger partial charge in [-0.05, 0) is 19.8 Å². The molecule has 0 spiro atoms. The smallest absolute Gasteiger partial charge is 0.317 e. The summed E-state index contributed by atoms with van der Waals surface area (Å²) in [6.45, 7) is 5.31. The molecule has 0 aromatic carbocycles. The lowest BCUT2D eigenvalue weighted by atomic mass is 10.3. The van der Waals surface area contributed by atoms with Crippen molar-refractivity contribution in [1.29, 1.82) is 0 Å². The van der Waals surface area contributed by atoms with E-state index in [-0.39, 0.29) is 18.5 Å². The molecular weight excluding hydrogens is 300 g/mol. The molecule has 0 atom stereocenters. The van der Waals surface area contributed by atoms with Crippen LogP contribution in [0.1, 0.15) is 31.9 Å². The van der Waals surface area contributed by atoms with Gasteiger partial charge in [0, 0.05) is 32.9 Å². The third-order valence-corrected chi connectivity index (χ3v) is 3.10. The number of anilines is 1. The normalized spacial score (nSPS) is 10.4. The van der Waals surface area contributed by atoms with Gasteiger partial charge in [-0.1, -0.05) is 18.5 Å². The summed E-state index contributed by atoms with van der Waals surface area (Å²) in [5.41, 5.74) is 0. The van der Waals surface area contributed by atoms with Crippen LogP contribution in [0.3, 0.4) is 0 Å². The summed E-state index contributed by atoms with van der Waals surface area (Å²) in [5.74, 6) is 0.631. The summed E-state index contributed by atoms with van der Waals surface area (Å²) >= 11 is 0. The highest BCUT2D eigenvalue weighted by Crippen LogP contribution is 2.07. The van der Waals surface area contributed by atoms with Crippen LogP contribution in [-0.4, -0.2) is 55.3 Å². The summed E-state index contributed by atoms with van der Waals surface area (Å²) in [7, 11) is 1.60. The van der Waals surface area contributed by atoms with E-state index < -0.39 is 0 Å². The maximum atomic E-state index is 12.2. The highest BCUT2D eigenvalue weighted by Gasteiger charge is 2.17. The first kappa shape index (κ1) is 19.0. The molecule has 0 saturated carbocycles. The lowest BCUT2D eigenvalue weighted by Crippen LogP contribution is -2.45. The Bertz CT molecular complexity index is 490. The van der Waals surface area contributed by atoms with E-state index in [1.54, 1.807) is 20.1 Å². The van der Waals surface area contributed by atoms with Crippen molar-refractivity contribution in [3.63, 3.8) is 0 Å². The number of aryl methyl sites for hydroxylation is 1. The van der Waals surface area contributed by atoms with Crippen molar-refractivity contribution < 1.29 is 18.8 Å². The van der Waals surface area contributed by atoms with Crippen LogP contribution in [-0.2, 0) is 9.53 Å². The summed E-state index contributed by atoms with van der Waals surface area (Å²) in [6.07, 6.45) is 2.56. The maximum Gasteiger partial charge on any atom is 0.317 e. The third-order valence-electron chi connectivity index (χ3n) is 3.10. The van der Waals surface area contributed by atoms with Crippen LogP contribution in [0.4, 0.5) is 10.6 Å². The number of ether oxygens (including phenoxy) is 1. The van der Waals surface area contributed by atoms with Crippen molar-refractivity contribution in [3.8, 4) is 0 Å². The number of rotatable bonds is 10. The molecule has 8 heteroatoms. The van der Waals surface area contributed by atoms with Crippen LogP contribution in [0.5, 0.6) is 0 Å². The number of carbonyl (C=O) groups is 2. The minimum absolute atomic E-state index is 0.0480. The van der Waals surface area contributed by atoms with Crippen molar-refractivity contribution in [2.45, 2.75) is 33.1 Å². The van der Waals surface area contributed by atoms with Gasteiger partial charge in [-0.2, -0.15) is 0 Å². The number of hydrogen-bond donors (Lipinski definition) is 2. The molecule has 2 N–H and O–H groups in total. The average Bonchev–Trinajstić information content (AvgIpc) is 2.91. The van der Waals surface area contributed by atoms with Gasteiger partial charge in [0.25, 0.3) is 0 Å². The molecular formula is C15H26N4O4. The minimum Gasteiger partial charge on any atom is -0.385 e. The van der Waals surface area contributed by atoms with Gasteiger partial charge in [0.2, 0.25) is 5.91 Å². The van der Waals surface area contributed by atoms with E-state index in [9.17, 15) is 9.59 Å².